The van der Waals surface area contributed by atoms with Gasteiger partial charge < -0.3 is 15.5 Å². The van der Waals surface area contributed by atoms with Crippen LogP contribution < -0.4 is 10.6 Å². The number of thiazole rings is 1. The Labute approximate surface area is 132 Å². The second kappa shape index (κ2) is 8.08. The maximum Gasteiger partial charge on any atom is 0.185 e. The molecule has 1 aromatic heterocycles. The van der Waals surface area contributed by atoms with Crippen molar-refractivity contribution in [2.45, 2.75) is 26.3 Å². The molecule has 0 aliphatic carbocycles. The third-order valence-corrected chi connectivity index (χ3v) is 5.13. The van der Waals surface area contributed by atoms with Gasteiger partial charge in [-0.25, -0.2) is 4.98 Å². The SMILES string of the molecule is CCCc1nc(N2CCN(CCN(C)C)CC2)sc1CN. The molecule has 0 spiro atoms. The van der Waals surface area contributed by atoms with E-state index in [4.69, 9.17) is 10.7 Å². The van der Waals surface area contributed by atoms with Gasteiger partial charge in [0.05, 0.1) is 5.69 Å². The lowest BCUT2D eigenvalue weighted by Crippen LogP contribution is -2.48. The molecule has 1 aliphatic heterocycles. The van der Waals surface area contributed by atoms with Crippen LogP contribution in [0.4, 0.5) is 5.13 Å². The van der Waals surface area contributed by atoms with E-state index in [-0.39, 0.29) is 0 Å². The van der Waals surface area contributed by atoms with Gasteiger partial charge in [-0.2, -0.15) is 0 Å². The Hall–Kier alpha value is -0.690. The standard InChI is InChI=1S/C15H29N5S/c1-4-5-13-14(12-16)21-15(17-13)20-10-8-19(9-11-20)7-6-18(2)3/h4-12,16H2,1-3H3. The van der Waals surface area contributed by atoms with Crippen LogP contribution in [0, 0.1) is 0 Å². The minimum absolute atomic E-state index is 0.621. The second-order valence-corrected chi connectivity index (χ2v) is 7.01. The van der Waals surface area contributed by atoms with Crippen molar-refractivity contribution in [3.63, 3.8) is 0 Å². The van der Waals surface area contributed by atoms with E-state index in [1.54, 1.807) is 11.3 Å². The van der Waals surface area contributed by atoms with E-state index in [1.165, 1.54) is 15.7 Å². The summed E-state index contributed by atoms with van der Waals surface area (Å²) in [6.07, 6.45) is 2.18. The Morgan fingerprint density at radius 1 is 1.24 bits per heavy atom. The fraction of sp³-hybridized carbons (Fsp3) is 0.800. The first-order chi connectivity index (χ1) is 10.1. The van der Waals surface area contributed by atoms with Crippen LogP contribution in [-0.2, 0) is 13.0 Å². The molecule has 0 unspecified atom stereocenters. The van der Waals surface area contributed by atoms with Gasteiger partial charge in [0.2, 0.25) is 0 Å². The first-order valence-electron chi connectivity index (χ1n) is 7.94. The molecule has 2 heterocycles. The summed E-state index contributed by atoms with van der Waals surface area (Å²) in [6, 6.07) is 0. The molecule has 21 heavy (non-hydrogen) atoms. The minimum atomic E-state index is 0.621. The van der Waals surface area contributed by atoms with Gasteiger partial charge in [-0.05, 0) is 20.5 Å². The summed E-state index contributed by atoms with van der Waals surface area (Å²) < 4.78 is 0. The van der Waals surface area contributed by atoms with Crippen LogP contribution in [0.2, 0.25) is 0 Å². The van der Waals surface area contributed by atoms with E-state index in [0.717, 1.165) is 52.1 Å². The Bertz CT molecular complexity index is 424. The van der Waals surface area contributed by atoms with Gasteiger partial charge >= 0.3 is 0 Å². The number of nitrogens with zero attached hydrogens (tertiary/aromatic N) is 4. The zero-order valence-electron chi connectivity index (χ0n) is 13.6. The quantitative estimate of drug-likeness (QED) is 0.821. The van der Waals surface area contributed by atoms with Crippen LogP contribution in [0.25, 0.3) is 0 Å². The lowest BCUT2D eigenvalue weighted by molar-refractivity contribution is 0.229. The van der Waals surface area contributed by atoms with Crippen molar-refractivity contribution in [1.29, 1.82) is 0 Å². The van der Waals surface area contributed by atoms with Crippen LogP contribution in [-0.4, -0.2) is 68.1 Å². The Kier molecular flexibility index (Phi) is 6.41. The lowest BCUT2D eigenvalue weighted by Gasteiger charge is -2.35. The highest BCUT2D eigenvalue weighted by molar-refractivity contribution is 7.15. The predicted octanol–water partition coefficient (Wildman–Crippen LogP) is 1.24. The highest BCUT2D eigenvalue weighted by atomic mass is 32.1. The second-order valence-electron chi connectivity index (χ2n) is 5.95. The Morgan fingerprint density at radius 3 is 2.52 bits per heavy atom. The topological polar surface area (TPSA) is 48.6 Å². The molecule has 1 aromatic rings. The molecule has 6 heteroatoms. The maximum atomic E-state index is 5.85. The lowest BCUT2D eigenvalue weighted by atomic mass is 10.2. The molecule has 1 aliphatic rings. The number of hydrogen-bond donors (Lipinski definition) is 1. The minimum Gasteiger partial charge on any atom is -0.346 e. The third-order valence-electron chi connectivity index (χ3n) is 3.95. The molecule has 0 saturated carbocycles. The maximum absolute atomic E-state index is 5.85. The van der Waals surface area contributed by atoms with Gasteiger partial charge in [-0.1, -0.05) is 13.3 Å². The number of aromatic nitrogens is 1. The fourth-order valence-corrected chi connectivity index (χ4v) is 3.64. The highest BCUT2D eigenvalue weighted by Gasteiger charge is 2.20. The Morgan fingerprint density at radius 2 is 1.95 bits per heavy atom. The van der Waals surface area contributed by atoms with Crippen LogP contribution in [0.5, 0.6) is 0 Å². The van der Waals surface area contributed by atoms with Crippen molar-refractivity contribution in [3.8, 4) is 0 Å². The molecule has 0 bridgehead atoms. The smallest absolute Gasteiger partial charge is 0.185 e. The van der Waals surface area contributed by atoms with Crippen LogP contribution >= 0.6 is 11.3 Å². The van der Waals surface area contributed by atoms with Gasteiger partial charge in [-0.15, -0.1) is 11.3 Å². The molecule has 0 amide bonds. The first-order valence-corrected chi connectivity index (χ1v) is 8.76. The first kappa shape index (κ1) is 16.7. The van der Waals surface area contributed by atoms with Crippen LogP contribution in [0.15, 0.2) is 0 Å². The number of aryl methyl sites for hydroxylation is 1. The molecule has 1 fully saturated rings. The molecule has 2 rings (SSSR count). The van der Waals surface area contributed by atoms with E-state index in [1.807, 2.05) is 0 Å². The summed E-state index contributed by atoms with van der Waals surface area (Å²) in [5.74, 6) is 0. The number of piperazine rings is 1. The van der Waals surface area contributed by atoms with E-state index < -0.39 is 0 Å². The van der Waals surface area contributed by atoms with E-state index in [2.05, 4.69) is 35.7 Å². The zero-order valence-corrected chi connectivity index (χ0v) is 14.5. The van der Waals surface area contributed by atoms with E-state index in [0.29, 0.717) is 6.54 Å². The third kappa shape index (κ3) is 4.64. The fourth-order valence-electron chi connectivity index (χ4n) is 2.60. The number of anilines is 1. The van der Waals surface area contributed by atoms with Crippen molar-refractivity contribution in [2.24, 2.45) is 5.73 Å². The van der Waals surface area contributed by atoms with E-state index in [9.17, 15) is 0 Å². The van der Waals surface area contributed by atoms with Gasteiger partial charge in [-0.3, -0.25) is 4.90 Å². The largest absolute Gasteiger partial charge is 0.346 e. The van der Waals surface area contributed by atoms with Crippen molar-refractivity contribution in [2.75, 3.05) is 58.3 Å². The summed E-state index contributed by atoms with van der Waals surface area (Å²) in [5.41, 5.74) is 7.07. The number of nitrogens with two attached hydrogens (primary N) is 1. The van der Waals surface area contributed by atoms with Gasteiger partial charge in [0.1, 0.15) is 0 Å². The molecular formula is C15H29N5S. The predicted molar refractivity (Wildman–Crippen MR) is 91.2 cm³/mol. The Balaban J connectivity index is 1.89. The average molecular weight is 311 g/mol. The van der Waals surface area contributed by atoms with Crippen LogP contribution in [0.1, 0.15) is 23.9 Å². The normalized spacial score (nSPS) is 16.9. The molecule has 0 atom stereocenters. The molecule has 1 saturated heterocycles. The number of rotatable bonds is 7. The molecular weight excluding hydrogens is 282 g/mol. The van der Waals surface area contributed by atoms with E-state index >= 15 is 0 Å². The van der Waals surface area contributed by atoms with Gasteiger partial charge in [0, 0.05) is 50.7 Å². The van der Waals surface area contributed by atoms with Gasteiger partial charge in [0.15, 0.2) is 5.13 Å². The molecule has 2 N–H and O–H groups in total. The van der Waals surface area contributed by atoms with Crippen molar-refractivity contribution >= 4 is 16.5 Å². The molecule has 5 nitrogen and oxygen atoms in total. The summed E-state index contributed by atoms with van der Waals surface area (Å²) >= 11 is 1.79. The van der Waals surface area contributed by atoms with Crippen LogP contribution in [0.3, 0.4) is 0 Å². The van der Waals surface area contributed by atoms with Crippen molar-refractivity contribution in [1.82, 2.24) is 14.8 Å². The number of hydrogen-bond acceptors (Lipinski definition) is 6. The highest BCUT2D eigenvalue weighted by Crippen LogP contribution is 2.27. The summed E-state index contributed by atoms with van der Waals surface area (Å²) in [7, 11) is 4.27. The summed E-state index contributed by atoms with van der Waals surface area (Å²) in [4.78, 5) is 13.3. The van der Waals surface area contributed by atoms with Crippen molar-refractivity contribution in [3.05, 3.63) is 10.6 Å². The van der Waals surface area contributed by atoms with Crippen molar-refractivity contribution < 1.29 is 0 Å². The molecule has 0 radical (unpaired) electrons. The number of likely N-dealkylation sites (N-methyl/N-ethyl adjacent to an activating group) is 1. The summed E-state index contributed by atoms with van der Waals surface area (Å²) in [5, 5.41) is 1.17. The monoisotopic (exact) mass is 311 g/mol. The average Bonchev–Trinajstić information content (AvgIpc) is 2.89. The zero-order chi connectivity index (χ0) is 15.2. The molecule has 120 valence electrons. The summed E-state index contributed by atoms with van der Waals surface area (Å²) in [6.45, 7) is 9.54. The molecule has 0 aromatic carbocycles. The van der Waals surface area contributed by atoms with Gasteiger partial charge in [0.25, 0.3) is 0 Å².